The highest BCUT2D eigenvalue weighted by molar-refractivity contribution is 5.95. The lowest BCUT2D eigenvalue weighted by molar-refractivity contribution is -0.0566. The average Bonchev–Trinajstić information content (AvgIpc) is 3.70. The monoisotopic (exact) mass is 571 g/mol. The van der Waals surface area contributed by atoms with Crippen molar-refractivity contribution in [1.82, 2.24) is 30.0 Å². The molecule has 2 saturated heterocycles. The van der Waals surface area contributed by atoms with Gasteiger partial charge in [0.2, 0.25) is 0 Å². The Balaban J connectivity index is 0.00000173. The summed E-state index contributed by atoms with van der Waals surface area (Å²) in [6.45, 7) is 15.9. The van der Waals surface area contributed by atoms with Crippen LogP contribution in [0, 0.1) is 0 Å². The number of aromatic amines is 1. The number of fused-ring (bicyclic) bond motifs is 1. The first kappa shape index (κ1) is 29.4. The van der Waals surface area contributed by atoms with Crippen LogP contribution in [0.4, 0.5) is 14.5 Å². The number of nitrogens with one attached hydrogen (secondary N) is 2. The summed E-state index contributed by atoms with van der Waals surface area (Å²) in [4.78, 5) is 13.4. The summed E-state index contributed by atoms with van der Waals surface area (Å²) in [5, 5.41) is 11.9. The van der Waals surface area contributed by atoms with E-state index >= 15 is 0 Å². The van der Waals surface area contributed by atoms with Crippen molar-refractivity contribution in [3.8, 4) is 11.1 Å². The van der Waals surface area contributed by atoms with Gasteiger partial charge in [0, 0.05) is 68.9 Å². The van der Waals surface area contributed by atoms with Crippen molar-refractivity contribution >= 4 is 28.0 Å². The maximum atomic E-state index is 13.5. The molecule has 9 heteroatoms. The number of likely N-dealkylation sites (tertiary alicyclic amines) is 2. The molecule has 2 aliphatic rings. The highest BCUT2D eigenvalue weighted by Gasteiger charge is 2.33. The second kappa shape index (κ2) is 12.8. The summed E-state index contributed by atoms with van der Waals surface area (Å²) in [6, 6.07) is 12.1. The van der Waals surface area contributed by atoms with Crippen molar-refractivity contribution in [1.29, 1.82) is 0 Å². The lowest BCUT2D eigenvalue weighted by atomic mass is 10.0. The van der Waals surface area contributed by atoms with Crippen LogP contribution in [0.25, 0.3) is 33.4 Å². The lowest BCUT2D eigenvalue weighted by Gasteiger charge is -2.31. The molecule has 0 radical (unpaired) electrons. The molecule has 0 spiro atoms. The minimum atomic E-state index is -2.55. The molecule has 6 rings (SSSR count). The molecule has 220 valence electrons. The van der Waals surface area contributed by atoms with Gasteiger partial charge < -0.3 is 10.2 Å². The molecule has 42 heavy (non-hydrogen) atoms. The summed E-state index contributed by atoms with van der Waals surface area (Å²) < 4.78 is 27.1. The van der Waals surface area contributed by atoms with E-state index in [-0.39, 0.29) is 12.8 Å². The van der Waals surface area contributed by atoms with E-state index in [0.29, 0.717) is 25.3 Å². The third-order valence-electron chi connectivity index (χ3n) is 7.81. The van der Waals surface area contributed by atoms with Gasteiger partial charge in [-0.3, -0.25) is 20.0 Å². The zero-order valence-electron chi connectivity index (χ0n) is 24.5. The van der Waals surface area contributed by atoms with Crippen LogP contribution in [0.1, 0.15) is 56.5 Å². The Kier molecular flexibility index (Phi) is 8.97. The lowest BCUT2D eigenvalue weighted by Crippen LogP contribution is -2.38. The minimum absolute atomic E-state index is 0.0912. The molecule has 0 unspecified atom stereocenters. The van der Waals surface area contributed by atoms with Gasteiger partial charge in [0.15, 0.2) is 0 Å². The first-order chi connectivity index (χ1) is 20.3. The van der Waals surface area contributed by atoms with Crippen molar-refractivity contribution in [2.45, 2.75) is 52.0 Å². The van der Waals surface area contributed by atoms with Gasteiger partial charge in [0.05, 0.1) is 34.5 Å². The molecule has 0 saturated carbocycles. The number of piperidine rings is 1. The first-order valence-electron chi connectivity index (χ1n) is 14.7. The Labute approximate surface area is 246 Å². The standard InChI is InChI=1S/C31H33F2N7.C2H6/c1-21(36-26-6-8-28(35-19-26)22(2)40-11-3-4-12-40)30-27-16-24(5-7-29(27)37-38-30)25-15-23(17-34-18-25)20-39-13-9-31(32,33)10-14-39;1-2/h5-8,15-19,36H,1-4,9-14,20H2,(H,37,38);1-2H3. The van der Waals surface area contributed by atoms with Gasteiger partial charge >= 0.3 is 0 Å². The predicted octanol–water partition coefficient (Wildman–Crippen LogP) is 7.43. The molecule has 1 aromatic carbocycles. The van der Waals surface area contributed by atoms with Gasteiger partial charge in [0.25, 0.3) is 5.92 Å². The largest absolute Gasteiger partial charge is 0.370 e. The van der Waals surface area contributed by atoms with E-state index in [9.17, 15) is 8.78 Å². The second-order valence-corrected chi connectivity index (χ2v) is 10.7. The van der Waals surface area contributed by atoms with Crippen LogP contribution in [0.5, 0.6) is 0 Å². The molecule has 0 atom stereocenters. The van der Waals surface area contributed by atoms with E-state index in [1.165, 1.54) is 12.8 Å². The van der Waals surface area contributed by atoms with E-state index in [4.69, 9.17) is 0 Å². The fourth-order valence-corrected chi connectivity index (χ4v) is 5.47. The van der Waals surface area contributed by atoms with Crippen LogP contribution in [0.15, 0.2) is 68.1 Å². The van der Waals surface area contributed by atoms with Crippen molar-refractivity contribution in [3.05, 3.63) is 85.1 Å². The molecular weight excluding hydrogens is 532 g/mol. The minimum Gasteiger partial charge on any atom is -0.370 e. The predicted molar refractivity (Wildman–Crippen MR) is 167 cm³/mol. The van der Waals surface area contributed by atoms with Crippen LogP contribution < -0.4 is 5.32 Å². The van der Waals surface area contributed by atoms with Gasteiger partial charge in [-0.25, -0.2) is 8.78 Å². The first-order valence-corrected chi connectivity index (χ1v) is 14.7. The van der Waals surface area contributed by atoms with E-state index < -0.39 is 5.92 Å². The van der Waals surface area contributed by atoms with E-state index in [1.807, 2.05) is 50.5 Å². The summed E-state index contributed by atoms with van der Waals surface area (Å²) >= 11 is 0. The number of nitrogens with zero attached hydrogens (tertiary/aromatic N) is 5. The van der Waals surface area contributed by atoms with E-state index in [1.54, 1.807) is 6.20 Å². The molecule has 7 nitrogen and oxygen atoms in total. The van der Waals surface area contributed by atoms with Crippen LogP contribution in [-0.2, 0) is 6.54 Å². The third-order valence-corrected chi connectivity index (χ3v) is 7.81. The number of H-pyrrole nitrogens is 1. The van der Waals surface area contributed by atoms with Crippen molar-refractivity contribution < 1.29 is 8.78 Å². The van der Waals surface area contributed by atoms with Gasteiger partial charge in [-0.15, -0.1) is 0 Å². The van der Waals surface area contributed by atoms with Crippen LogP contribution in [0.3, 0.4) is 0 Å². The van der Waals surface area contributed by atoms with Gasteiger partial charge in [0.1, 0.15) is 5.69 Å². The maximum absolute atomic E-state index is 13.5. The fraction of sp³-hybridized carbons (Fsp3) is 0.364. The van der Waals surface area contributed by atoms with Gasteiger partial charge in [-0.05, 0) is 54.3 Å². The molecule has 0 bridgehead atoms. The van der Waals surface area contributed by atoms with Crippen LogP contribution in [-0.4, -0.2) is 62.1 Å². The summed E-state index contributed by atoms with van der Waals surface area (Å²) in [6.07, 6.45) is 7.64. The van der Waals surface area contributed by atoms with Crippen LogP contribution in [0.2, 0.25) is 0 Å². The maximum Gasteiger partial charge on any atom is 0.250 e. The van der Waals surface area contributed by atoms with Gasteiger partial charge in [-0.2, -0.15) is 5.10 Å². The number of rotatable bonds is 8. The number of hydrogen-bond donors (Lipinski definition) is 2. The van der Waals surface area contributed by atoms with Crippen molar-refractivity contribution in [3.63, 3.8) is 0 Å². The molecule has 4 aromatic rings. The third kappa shape index (κ3) is 6.68. The number of halogens is 2. The summed E-state index contributed by atoms with van der Waals surface area (Å²) in [5.74, 6) is -2.55. The Morgan fingerprint density at radius 3 is 2.43 bits per heavy atom. The molecular formula is C33H39F2N7. The number of pyridine rings is 2. The smallest absolute Gasteiger partial charge is 0.250 e. The average molecular weight is 572 g/mol. The molecule has 0 amide bonds. The van der Waals surface area contributed by atoms with E-state index in [0.717, 1.165) is 63.5 Å². The van der Waals surface area contributed by atoms with Crippen molar-refractivity contribution in [2.24, 2.45) is 0 Å². The van der Waals surface area contributed by atoms with Crippen LogP contribution >= 0.6 is 0 Å². The SMILES string of the molecule is C=C(Nc1ccc(C(=C)N2CCCC2)nc1)c1n[nH]c2ccc(-c3cncc(CN4CCC(F)(F)CC4)c3)cc12.CC. The zero-order valence-corrected chi connectivity index (χ0v) is 24.5. The highest BCUT2D eigenvalue weighted by Crippen LogP contribution is 2.31. The highest BCUT2D eigenvalue weighted by atomic mass is 19.3. The molecule has 2 fully saturated rings. The Bertz CT molecular complexity index is 1530. The Morgan fingerprint density at radius 1 is 0.952 bits per heavy atom. The quantitative estimate of drug-likeness (QED) is 0.229. The molecule has 3 aromatic heterocycles. The number of benzene rings is 1. The number of alkyl halides is 2. The Hall–Kier alpha value is -4.11. The second-order valence-electron chi connectivity index (χ2n) is 10.7. The summed E-state index contributed by atoms with van der Waals surface area (Å²) in [7, 11) is 0. The molecule has 2 aliphatic heterocycles. The zero-order chi connectivity index (χ0) is 29.7. The van der Waals surface area contributed by atoms with Crippen molar-refractivity contribution in [2.75, 3.05) is 31.5 Å². The number of hydrogen-bond acceptors (Lipinski definition) is 6. The molecule has 2 N–H and O–H groups in total. The normalized spacial score (nSPS) is 16.6. The molecule has 0 aliphatic carbocycles. The molecule has 5 heterocycles. The number of aromatic nitrogens is 4. The number of anilines is 1. The Morgan fingerprint density at radius 2 is 1.71 bits per heavy atom. The summed E-state index contributed by atoms with van der Waals surface area (Å²) in [5.41, 5.74) is 7.90. The van der Waals surface area contributed by atoms with Gasteiger partial charge in [-0.1, -0.05) is 33.1 Å². The topological polar surface area (TPSA) is 73.0 Å². The fourth-order valence-electron chi connectivity index (χ4n) is 5.47. The van der Waals surface area contributed by atoms with E-state index in [2.05, 4.69) is 60.6 Å².